The standard InChI is InChI=1S/C28H32N2O5/c31-26(32)12-11-25(27(33)29-14-13-17-9-10-18-15-23(17)18)30-28(34)35-16-24-21-7-3-1-5-19(21)20-6-2-4-8-22(20)24/h1-8,17-18,23-25H,9-16H2,(H,29,33)(H,30,34)(H,31,32). The van der Waals surface area contributed by atoms with Gasteiger partial charge in [-0.05, 0) is 72.1 Å². The van der Waals surface area contributed by atoms with Gasteiger partial charge in [0.15, 0.2) is 0 Å². The average Bonchev–Trinajstić information content (AvgIpc) is 3.43. The molecule has 2 aromatic carbocycles. The van der Waals surface area contributed by atoms with Gasteiger partial charge in [-0.2, -0.15) is 0 Å². The fraction of sp³-hybridized carbons (Fsp3) is 0.464. The lowest BCUT2D eigenvalue weighted by Crippen LogP contribution is -2.47. The number of ether oxygens (including phenoxy) is 1. The lowest BCUT2D eigenvalue weighted by atomic mass is 9.98. The summed E-state index contributed by atoms with van der Waals surface area (Å²) < 4.78 is 5.55. The summed E-state index contributed by atoms with van der Waals surface area (Å²) in [5, 5.41) is 14.6. The van der Waals surface area contributed by atoms with Crippen LogP contribution in [0, 0.1) is 17.8 Å². The Labute approximate surface area is 205 Å². The summed E-state index contributed by atoms with van der Waals surface area (Å²) in [7, 11) is 0. The summed E-state index contributed by atoms with van der Waals surface area (Å²) in [4.78, 5) is 36.5. The number of carbonyl (C=O) groups excluding carboxylic acids is 2. The molecule has 2 saturated carbocycles. The summed E-state index contributed by atoms with van der Waals surface area (Å²) in [6, 6.07) is 15.2. The van der Waals surface area contributed by atoms with Crippen molar-refractivity contribution < 1.29 is 24.2 Å². The molecule has 184 valence electrons. The third-order valence-corrected chi connectivity index (χ3v) is 7.90. The summed E-state index contributed by atoms with van der Waals surface area (Å²) in [6.07, 6.45) is 3.87. The number of benzene rings is 2. The molecule has 4 unspecified atom stereocenters. The van der Waals surface area contributed by atoms with Crippen LogP contribution < -0.4 is 10.6 Å². The molecule has 0 spiro atoms. The SMILES string of the molecule is O=C(O)CCC(NC(=O)OCC1c2ccccc2-c2ccccc21)C(=O)NCCC1CCC2CC12. The van der Waals surface area contributed by atoms with Crippen molar-refractivity contribution in [3.8, 4) is 11.1 Å². The molecule has 35 heavy (non-hydrogen) atoms. The van der Waals surface area contributed by atoms with Gasteiger partial charge in [-0.1, -0.05) is 48.5 Å². The maximum Gasteiger partial charge on any atom is 0.407 e. The molecule has 0 aliphatic heterocycles. The van der Waals surface area contributed by atoms with Gasteiger partial charge in [0.25, 0.3) is 0 Å². The van der Waals surface area contributed by atoms with Crippen molar-refractivity contribution in [1.82, 2.24) is 10.6 Å². The molecule has 2 fully saturated rings. The summed E-state index contributed by atoms with van der Waals surface area (Å²) in [5.41, 5.74) is 4.48. The Morgan fingerprint density at radius 1 is 1.00 bits per heavy atom. The number of alkyl carbamates (subject to hydrolysis) is 1. The molecule has 4 atom stereocenters. The maximum atomic E-state index is 12.8. The van der Waals surface area contributed by atoms with Gasteiger partial charge in [0.1, 0.15) is 12.6 Å². The lowest BCUT2D eigenvalue weighted by molar-refractivity contribution is -0.137. The van der Waals surface area contributed by atoms with Crippen LogP contribution in [0.25, 0.3) is 11.1 Å². The zero-order valence-electron chi connectivity index (χ0n) is 19.7. The number of hydrogen-bond acceptors (Lipinski definition) is 4. The molecule has 0 heterocycles. The number of amides is 2. The van der Waals surface area contributed by atoms with E-state index < -0.39 is 18.1 Å². The van der Waals surface area contributed by atoms with Crippen LogP contribution in [0.5, 0.6) is 0 Å². The second-order valence-corrected chi connectivity index (χ2v) is 10.0. The van der Waals surface area contributed by atoms with E-state index in [0.717, 1.165) is 40.5 Å². The average molecular weight is 477 g/mol. The first-order valence-corrected chi connectivity index (χ1v) is 12.6. The second kappa shape index (κ2) is 10.1. The number of rotatable bonds is 10. The van der Waals surface area contributed by atoms with Crippen LogP contribution in [0.3, 0.4) is 0 Å². The molecule has 2 amide bonds. The van der Waals surface area contributed by atoms with Crippen LogP contribution >= 0.6 is 0 Å². The van der Waals surface area contributed by atoms with Gasteiger partial charge in [-0.3, -0.25) is 9.59 Å². The van der Waals surface area contributed by atoms with Crippen molar-refractivity contribution in [3.05, 3.63) is 59.7 Å². The minimum atomic E-state index is -1.01. The maximum absolute atomic E-state index is 12.8. The quantitative estimate of drug-likeness (QED) is 0.474. The van der Waals surface area contributed by atoms with Gasteiger partial charge < -0.3 is 20.5 Å². The van der Waals surface area contributed by atoms with E-state index in [1.54, 1.807) is 0 Å². The Morgan fingerprint density at radius 2 is 1.69 bits per heavy atom. The van der Waals surface area contributed by atoms with E-state index >= 15 is 0 Å². The van der Waals surface area contributed by atoms with Gasteiger partial charge in [-0.25, -0.2) is 4.79 Å². The van der Waals surface area contributed by atoms with Crippen molar-refractivity contribution >= 4 is 18.0 Å². The van der Waals surface area contributed by atoms with Crippen LogP contribution in [0.2, 0.25) is 0 Å². The second-order valence-electron chi connectivity index (χ2n) is 10.0. The summed E-state index contributed by atoms with van der Waals surface area (Å²) in [6.45, 7) is 0.681. The zero-order valence-corrected chi connectivity index (χ0v) is 19.7. The van der Waals surface area contributed by atoms with E-state index in [4.69, 9.17) is 9.84 Å². The highest BCUT2D eigenvalue weighted by atomic mass is 16.5. The first-order valence-electron chi connectivity index (χ1n) is 12.6. The third-order valence-electron chi connectivity index (χ3n) is 7.90. The molecular weight excluding hydrogens is 444 g/mol. The third kappa shape index (κ3) is 5.19. The Hall–Kier alpha value is -3.35. The largest absolute Gasteiger partial charge is 0.481 e. The topological polar surface area (TPSA) is 105 Å². The predicted octanol–water partition coefficient (Wildman–Crippen LogP) is 4.31. The molecule has 7 heteroatoms. The Morgan fingerprint density at radius 3 is 2.29 bits per heavy atom. The number of carboxylic acids is 1. The fourth-order valence-corrected chi connectivity index (χ4v) is 6.00. The number of nitrogens with one attached hydrogen (secondary N) is 2. The molecular formula is C28H32N2O5. The highest BCUT2D eigenvalue weighted by molar-refractivity contribution is 5.86. The first kappa shape index (κ1) is 23.4. The smallest absolute Gasteiger partial charge is 0.407 e. The van der Waals surface area contributed by atoms with E-state index in [9.17, 15) is 14.4 Å². The van der Waals surface area contributed by atoms with Crippen molar-refractivity contribution in [2.24, 2.45) is 17.8 Å². The molecule has 3 aliphatic carbocycles. The monoisotopic (exact) mass is 476 g/mol. The van der Waals surface area contributed by atoms with E-state index in [1.165, 1.54) is 19.3 Å². The molecule has 3 aliphatic rings. The van der Waals surface area contributed by atoms with E-state index in [2.05, 4.69) is 22.8 Å². The minimum Gasteiger partial charge on any atom is -0.481 e. The van der Waals surface area contributed by atoms with Crippen LogP contribution in [0.4, 0.5) is 4.79 Å². The van der Waals surface area contributed by atoms with Gasteiger partial charge in [0.05, 0.1) is 0 Å². The molecule has 0 bridgehead atoms. The van der Waals surface area contributed by atoms with Crippen molar-refractivity contribution in [3.63, 3.8) is 0 Å². The Bertz CT molecular complexity index is 1070. The highest BCUT2D eigenvalue weighted by Gasteiger charge is 2.47. The van der Waals surface area contributed by atoms with E-state index in [1.807, 2.05) is 36.4 Å². The molecule has 3 N–H and O–H groups in total. The van der Waals surface area contributed by atoms with Crippen molar-refractivity contribution in [2.75, 3.05) is 13.2 Å². The number of fused-ring (bicyclic) bond motifs is 4. The van der Waals surface area contributed by atoms with Crippen LogP contribution in [-0.2, 0) is 14.3 Å². The van der Waals surface area contributed by atoms with Gasteiger partial charge in [-0.15, -0.1) is 0 Å². The Kier molecular flexibility index (Phi) is 6.75. The molecule has 0 saturated heterocycles. The minimum absolute atomic E-state index is 0.0134. The van der Waals surface area contributed by atoms with Gasteiger partial charge >= 0.3 is 12.1 Å². The summed E-state index contributed by atoms with van der Waals surface area (Å²) >= 11 is 0. The number of hydrogen-bond donors (Lipinski definition) is 3. The van der Waals surface area contributed by atoms with Crippen LogP contribution in [0.1, 0.15) is 55.6 Å². The summed E-state index contributed by atoms with van der Waals surface area (Å²) in [5.74, 6) is 0.945. The number of carboxylic acid groups (broad SMARTS) is 1. The van der Waals surface area contributed by atoms with Crippen molar-refractivity contribution in [2.45, 2.75) is 50.5 Å². The lowest BCUT2D eigenvalue weighted by Gasteiger charge is -2.20. The molecule has 7 nitrogen and oxygen atoms in total. The Balaban J connectivity index is 1.16. The van der Waals surface area contributed by atoms with E-state index in [-0.39, 0.29) is 31.3 Å². The molecule has 5 rings (SSSR count). The first-order chi connectivity index (χ1) is 17.0. The van der Waals surface area contributed by atoms with E-state index in [0.29, 0.717) is 12.5 Å². The molecule has 2 aromatic rings. The number of aliphatic carboxylic acids is 1. The normalized spacial score (nSPS) is 22.5. The molecule has 0 radical (unpaired) electrons. The highest BCUT2D eigenvalue weighted by Crippen LogP contribution is 2.56. The van der Waals surface area contributed by atoms with Gasteiger partial charge in [0.2, 0.25) is 5.91 Å². The van der Waals surface area contributed by atoms with Crippen molar-refractivity contribution in [1.29, 1.82) is 0 Å². The van der Waals surface area contributed by atoms with Crippen LogP contribution in [0.15, 0.2) is 48.5 Å². The fourth-order valence-electron chi connectivity index (χ4n) is 6.00. The zero-order chi connectivity index (χ0) is 24.4. The number of carbonyl (C=O) groups is 3. The van der Waals surface area contributed by atoms with Crippen LogP contribution in [-0.4, -0.2) is 42.3 Å². The molecule has 0 aromatic heterocycles. The predicted molar refractivity (Wildman–Crippen MR) is 131 cm³/mol. The van der Waals surface area contributed by atoms with Gasteiger partial charge in [0, 0.05) is 18.9 Å².